The molecule has 1 aliphatic heterocycles. The average molecular weight is 1670 g/mol. The average Bonchev–Trinajstić information content (AvgIpc) is 1.69. The zero-order valence-electron chi connectivity index (χ0n) is 64.9. The van der Waals surface area contributed by atoms with Gasteiger partial charge in [0.2, 0.25) is 0 Å². The maximum Gasteiger partial charge on any atom is 0.416 e. The zero-order valence-corrected chi connectivity index (χ0v) is 66.5. The number of pyridine rings is 7. The van der Waals surface area contributed by atoms with Gasteiger partial charge in [-0.3, -0.25) is 35.3 Å². The first-order valence-electron chi connectivity index (χ1n) is 37.3. The van der Waals surface area contributed by atoms with Crippen LogP contribution in [0.3, 0.4) is 0 Å². The van der Waals surface area contributed by atoms with E-state index in [9.17, 15) is 22.0 Å². The van der Waals surface area contributed by atoms with E-state index >= 15 is 0 Å². The van der Waals surface area contributed by atoms with Crippen molar-refractivity contribution in [3.05, 3.63) is 269 Å². The maximum atomic E-state index is 13.6. The Hall–Kier alpha value is -14.9. The third-order valence-corrected chi connectivity index (χ3v) is 19.4. The van der Waals surface area contributed by atoms with Crippen LogP contribution >= 0.6 is 15.9 Å². The molecule has 35 heteroatoms. The number of aromatic amines is 6. The van der Waals surface area contributed by atoms with Gasteiger partial charge >= 0.3 is 6.18 Å². The number of morpholine rings is 1. The molecule has 29 nitrogen and oxygen atoms in total. The summed E-state index contributed by atoms with van der Waals surface area (Å²) in [4.78, 5) is 32.7. The SMILES string of the molecule is Cc1[nH]nc2ccnc(Nc3ccc(N4CCOCC4)nc3)c12.Cc1[nH]nc2ccnc(Nc3ccc4cn(C)nc4c3)c12.Cc1[nH]nc2ccnc(Nc3cccc(Br)c3)c12.Cc1[nH]nc2ccnc(Nc3cccc(C(F)(F)F)c3)c12.Cc1[nH]nc2ccnc(Nc3cccc(F)c3)c12.Cc1[nH]nc2ccnc(Nc3ccccc3F)c12. The van der Waals surface area contributed by atoms with Crippen LogP contribution in [0.25, 0.3) is 76.3 Å². The molecule has 0 saturated carbocycles. The van der Waals surface area contributed by atoms with Crippen molar-refractivity contribution >= 4 is 167 Å². The summed E-state index contributed by atoms with van der Waals surface area (Å²) in [6.45, 7) is 14.9. The van der Waals surface area contributed by atoms with E-state index in [-0.39, 0.29) is 11.6 Å². The molecule has 0 aliphatic carbocycles. The van der Waals surface area contributed by atoms with Crippen molar-refractivity contribution in [3.8, 4) is 0 Å². The first-order chi connectivity index (χ1) is 57.7. The molecule has 0 bridgehead atoms. The summed E-state index contributed by atoms with van der Waals surface area (Å²) in [5.74, 6) is 4.53. The molecule has 119 heavy (non-hydrogen) atoms. The van der Waals surface area contributed by atoms with E-state index in [0.717, 1.165) is 188 Å². The fourth-order valence-corrected chi connectivity index (χ4v) is 13.6. The number of halogens is 6. The van der Waals surface area contributed by atoms with Gasteiger partial charge in [-0.1, -0.05) is 46.3 Å². The minimum atomic E-state index is -4.37. The molecule has 1 aliphatic rings. The number of H-pyrrole nitrogens is 6. The van der Waals surface area contributed by atoms with Crippen LogP contribution in [0.4, 0.5) is 96.8 Å². The first kappa shape index (κ1) is 79.4. The third kappa shape index (κ3) is 18.8. The molecule has 1 saturated heterocycles. The number of ether oxygens (including phenoxy) is 1. The molecular weight excluding hydrogens is 1590 g/mol. The van der Waals surface area contributed by atoms with Crippen molar-refractivity contribution in [3.63, 3.8) is 0 Å². The summed E-state index contributed by atoms with van der Waals surface area (Å²) >= 11 is 3.45. The van der Waals surface area contributed by atoms with Crippen molar-refractivity contribution in [2.24, 2.45) is 7.05 Å². The summed E-state index contributed by atoms with van der Waals surface area (Å²) in [5, 5.41) is 72.9. The van der Waals surface area contributed by atoms with Gasteiger partial charge < -0.3 is 41.5 Å². The third-order valence-electron chi connectivity index (χ3n) is 18.9. The number of aromatic nitrogens is 21. The van der Waals surface area contributed by atoms with Crippen LogP contribution in [-0.2, 0) is 18.0 Å². The Kier molecular flexibility index (Phi) is 23.7. The number of alkyl halides is 3. The van der Waals surface area contributed by atoms with Gasteiger partial charge in [0.05, 0.1) is 107 Å². The van der Waals surface area contributed by atoms with E-state index in [1.807, 2.05) is 151 Å². The molecule has 5 aromatic carbocycles. The van der Waals surface area contributed by atoms with E-state index < -0.39 is 11.7 Å². The Morgan fingerprint density at radius 1 is 0.387 bits per heavy atom. The Morgan fingerprint density at radius 3 is 1.18 bits per heavy atom. The standard InChI is InChI=1S/C16H18N6O.C15H14N6.C14H11F3N4.C13H11BrN4.2C13H11FN4/c1-11-15-13(21-20-11)4-5-17-16(15)19-12-2-3-14(18-10-12)22-6-8-23-9-7-22;1-9-14-12(19-18-9)5-6-16-15(14)17-11-4-3-10-8-21(2)20-13(10)7-11;1-8-12-11(21-20-8)5-6-18-13(12)19-10-4-2-3-9(7-10)14(15,16)17;2*1-8-12-11(18-17-8)5-6-15-13(12)16-10-4-2-3-9(14)7-10;1-8-12-11(18-17-8)6-7-15-13(12)16-10-5-3-2-4-9(10)14/h2-5,10H,6-9H2,1H3,(H,17,19)(H,20,21);3-8H,1-2H3,(H,16,17)(H,18,19);2-7H,1H3,(H,18,19)(H,20,21);3*2-7H,1H3,(H,15,16)(H,17,18). The van der Waals surface area contributed by atoms with E-state index in [2.05, 4.69) is 154 Å². The molecular formula is C84H76BrF5N28O. The number of aryl methyl sites for hydroxylation is 7. The predicted octanol–water partition coefficient (Wildman–Crippen LogP) is 19.2. The van der Waals surface area contributed by atoms with Crippen LogP contribution in [0.5, 0.6) is 0 Å². The molecule has 0 radical (unpaired) electrons. The van der Waals surface area contributed by atoms with E-state index in [0.29, 0.717) is 40.0 Å². The Balaban J connectivity index is 0.000000112. The molecule has 19 aromatic rings. The smallest absolute Gasteiger partial charge is 0.378 e. The highest BCUT2D eigenvalue weighted by Gasteiger charge is 2.31. The normalized spacial score (nSPS) is 11.9. The molecule has 12 N–H and O–H groups in total. The van der Waals surface area contributed by atoms with Crippen LogP contribution in [0.1, 0.15) is 39.7 Å². The summed E-state index contributed by atoms with van der Waals surface area (Å²) in [7, 11) is 1.92. The van der Waals surface area contributed by atoms with Crippen molar-refractivity contribution < 1.29 is 26.7 Å². The summed E-state index contributed by atoms with van der Waals surface area (Å²) in [6, 6.07) is 46.9. The summed E-state index contributed by atoms with van der Waals surface area (Å²) in [5.41, 5.74) is 15.2. The second-order valence-corrected chi connectivity index (χ2v) is 28.2. The van der Waals surface area contributed by atoms with Gasteiger partial charge in [-0.15, -0.1) is 0 Å². The Labute approximate surface area is 683 Å². The van der Waals surface area contributed by atoms with Crippen LogP contribution < -0.4 is 36.8 Å². The molecule has 0 atom stereocenters. The summed E-state index contributed by atoms with van der Waals surface area (Å²) < 4.78 is 73.1. The van der Waals surface area contributed by atoms with E-state index in [1.54, 1.807) is 79.6 Å². The number of rotatable bonds is 13. The minimum Gasteiger partial charge on any atom is -0.378 e. The van der Waals surface area contributed by atoms with Crippen LogP contribution in [-0.4, -0.2) is 132 Å². The van der Waals surface area contributed by atoms with E-state index in [4.69, 9.17) is 4.74 Å². The molecule has 0 amide bonds. The number of hydrogen-bond donors (Lipinski definition) is 12. The molecule has 600 valence electrons. The Morgan fingerprint density at radius 2 is 0.773 bits per heavy atom. The number of nitrogens with one attached hydrogen (secondary N) is 12. The first-order valence-corrected chi connectivity index (χ1v) is 38.0. The van der Waals surface area contributed by atoms with Crippen LogP contribution in [0, 0.1) is 53.2 Å². The highest BCUT2D eigenvalue weighted by Crippen LogP contribution is 2.36. The van der Waals surface area contributed by atoms with Crippen molar-refractivity contribution in [2.45, 2.75) is 47.7 Å². The lowest BCUT2D eigenvalue weighted by Gasteiger charge is -2.27. The lowest BCUT2D eigenvalue weighted by atomic mass is 10.2. The highest BCUT2D eigenvalue weighted by atomic mass is 79.9. The number of anilines is 13. The number of para-hydroxylation sites is 1. The molecule has 0 spiro atoms. The quantitative estimate of drug-likeness (QED) is 0.0477. The number of hydrogen-bond acceptors (Lipinski definition) is 22. The van der Waals surface area contributed by atoms with Gasteiger partial charge in [0.15, 0.2) is 0 Å². The van der Waals surface area contributed by atoms with Crippen LogP contribution in [0.15, 0.2) is 218 Å². The molecule has 15 heterocycles. The zero-order chi connectivity index (χ0) is 82.7. The molecule has 0 unspecified atom stereocenters. The number of nitrogens with zero attached hydrogens (tertiary/aromatic N) is 16. The molecule has 1 fully saturated rings. The largest absolute Gasteiger partial charge is 0.416 e. The van der Waals surface area contributed by atoms with Crippen molar-refractivity contribution in [1.29, 1.82) is 0 Å². The fraction of sp³-hybridized carbons (Fsp3) is 0.143. The van der Waals surface area contributed by atoms with Crippen LogP contribution in [0.2, 0.25) is 0 Å². The maximum absolute atomic E-state index is 13.6. The van der Waals surface area contributed by atoms with Gasteiger partial charge in [-0.25, -0.2) is 43.7 Å². The fourth-order valence-electron chi connectivity index (χ4n) is 13.2. The Bertz CT molecular complexity index is 6620. The van der Waals surface area contributed by atoms with E-state index in [1.165, 1.54) is 24.3 Å². The number of fused-ring (bicyclic) bond motifs is 7. The van der Waals surface area contributed by atoms with Gasteiger partial charge in [-0.2, -0.15) is 48.9 Å². The second-order valence-electron chi connectivity index (χ2n) is 27.3. The van der Waals surface area contributed by atoms with Gasteiger partial charge in [0.1, 0.15) is 52.4 Å². The molecule has 14 aromatic heterocycles. The lowest BCUT2D eigenvalue weighted by molar-refractivity contribution is -0.137. The van der Waals surface area contributed by atoms with Gasteiger partial charge in [0, 0.05) is 130 Å². The highest BCUT2D eigenvalue weighted by molar-refractivity contribution is 9.10. The van der Waals surface area contributed by atoms with Gasteiger partial charge in [0.25, 0.3) is 0 Å². The minimum absolute atomic E-state index is 0.281. The van der Waals surface area contributed by atoms with Crippen molar-refractivity contribution in [1.82, 2.24) is 106 Å². The lowest BCUT2D eigenvalue weighted by Crippen LogP contribution is -2.36. The molecule has 20 rings (SSSR count). The summed E-state index contributed by atoms with van der Waals surface area (Å²) in [6.07, 6.45) is 9.59. The predicted molar refractivity (Wildman–Crippen MR) is 458 cm³/mol. The topological polar surface area (TPSA) is 365 Å². The van der Waals surface area contributed by atoms with Gasteiger partial charge in [-0.05, 0) is 175 Å². The second kappa shape index (κ2) is 35.5. The monoisotopic (exact) mass is 1670 g/mol. The number of benzene rings is 5. The van der Waals surface area contributed by atoms with Crippen molar-refractivity contribution in [2.75, 3.05) is 63.1 Å².